The first-order valence-electron chi connectivity index (χ1n) is 4.79. The summed E-state index contributed by atoms with van der Waals surface area (Å²) in [6, 6.07) is 16.5. The van der Waals surface area contributed by atoms with Gasteiger partial charge in [0.05, 0.1) is 0 Å². The van der Waals surface area contributed by atoms with Crippen molar-refractivity contribution in [2.75, 3.05) is 0 Å². The van der Waals surface area contributed by atoms with E-state index in [2.05, 4.69) is 0 Å². The normalized spacial score (nSPS) is 10.1. The molecule has 0 unspecified atom stereocenters. The number of hydrogen-bond acceptors (Lipinski definition) is 2. The van der Waals surface area contributed by atoms with Gasteiger partial charge in [0.25, 0.3) is 0 Å². The number of ketones is 1. The van der Waals surface area contributed by atoms with E-state index in [0.717, 1.165) is 15.9 Å². The fraction of sp³-hybridized carbons (Fsp3) is 0. The summed E-state index contributed by atoms with van der Waals surface area (Å²) in [5, 5.41) is 0. The Morgan fingerprint density at radius 2 is 1.44 bits per heavy atom. The molecule has 0 saturated carbocycles. The quantitative estimate of drug-likeness (QED) is 0.759. The van der Waals surface area contributed by atoms with E-state index in [1.54, 1.807) is 12.1 Å². The van der Waals surface area contributed by atoms with E-state index in [0.29, 0.717) is 11.1 Å². The lowest BCUT2D eigenvalue weighted by Crippen LogP contribution is -2.00. The Morgan fingerprint density at radius 1 is 0.875 bits per heavy atom. The van der Waals surface area contributed by atoms with E-state index in [1.165, 1.54) is 0 Å². The Labute approximate surface area is 103 Å². The van der Waals surface area contributed by atoms with Gasteiger partial charge in [-0.25, -0.2) is 0 Å². The molecule has 16 heavy (non-hydrogen) atoms. The lowest BCUT2D eigenvalue weighted by molar-refractivity contribution is 0.103. The summed E-state index contributed by atoms with van der Waals surface area (Å²) in [7, 11) is 6.75. The minimum absolute atomic E-state index is 0.0340. The molecule has 0 bridgehead atoms. The molecule has 2 aromatic rings. The van der Waals surface area contributed by atoms with Gasteiger partial charge in [0.1, 0.15) is 0 Å². The van der Waals surface area contributed by atoms with Crippen LogP contribution in [0.5, 0.6) is 0 Å². The summed E-state index contributed by atoms with van der Waals surface area (Å²) in [4.78, 5) is 12.9. The van der Waals surface area contributed by atoms with E-state index in [4.69, 9.17) is 10.7 Å². The molecule has 3 heteroatoms. The zero-order valence-corrected chi connectivity index (χ0v) is 9.96. The zero-order valence-electron chi connectivity index (χ0n) is 8.39. The molecule has 0 radical (unpaired) electrons. The van der Waals surface area contributed by atoms with Crippen LogP contribution in [0.1, 0.15) is 15.9 Å². The molecule has 0 N–H and O–H groups in total. The topological polar surface area (TPSA) is 17.1 Å². The third kappa shape index (κ3) is 2.46. The van der Waals surface area contributed by atoms with Crippen LogP contribution in [0.25, 0.3) is 0 Å². The standard InChI is InChI=1S/C13H9ClOS/c14-16-12-8-6-11(7-9-12)13(15)10-4-2-1-3-5-10/h1-9H. The van der Waals surface area contributed by atoms with Crippen molar-refractivity contribution in [3.8, 4) is 0 Å². The Morgan fingerprint density at radius 3 is 2.00 bits per heavy atom. The summed E-state index contributed by atoms with van der Waals surface area (Å²) in [6.45, 7) is 0. The molecule has 0 aliphatic heterocycles. The average Bonchev–Trinajstić information content (AvgIpc) is 2.39. The number of hydrogen-bond donors (Lipinski definition) is 0. The lowest BCUT2D eigenvalue weighted by Gasteiger charge is -2.01. The van der Waals surface area contributed by atoms with E-state index in [1.807, 2.05) is 42.5 Å². The van der Waals surface area contributed by atoms with Crippen molar-refractivity contribution in [2.45, 2.75) is 4.90 Å². The van der Waals surface area contributed by atoms with Crippen LogP contribution in [-0.2, 0) is 0 Å². The van der Waals surface area contributed by atoms with Gasteiger partial charge in [0, 0.05) is 16.0 Å². The molecular formula is C13H9ClOS. The average molecular weight is 249 g/mol. The van der Waals surface area contributed by atoms with Crippen molar-refractivity contribution in [2.24, 2.45) is 0 Å². The maximum Gasteiger partial charge on any atom is 0.193 e. The Balaban J connectivity index is 2.28. The summed E-state index contributed by atoms with van der Waals surface area (Å²) in [5.74, 6) is 0.0340. The van der Waals surface area contributed by atoms with Crippen molar-refractivity contribution in [3.05, 3.63) is 65.7 Å². The predicted molar refractivity (Wildman–Crippen MR) is 68.0 cm³/mol. The van der Waals surface area contributed by atoms with Gasteiger partial charge < -0.3 is 0 Å². The van der Waals surface area contributed by atoms with Crippen molar-refractivity contribution in [1.82, 2.24) is 0 Å². The molecule has 2 rings (SSSR count). The minimum atomic E-state index is 0.0340. The van der Waals surface area contributed by atoms with Gasteiger partial charge in [-0.2, -0.15) is 0 Å². The van der Waals surface area contributed by atoms with E-state index >= 15 is 0 Å². The highest BCUT2D eigenvalue weighted by Crippen LogP contribution is 2.22. The molecule has 0 heterocycles. The molecule has 0 aliphatic rings. The fourth-order valence-electron chi connectivity index (χ4n) is 1.41. The lowest BCUT2D eigenvalue weighted by atomic mass is 10.0. The number of carbonyl (C=O) groups is 1. The first-order chi connectivity index (χ1) is 7.81. The summed E-state index contributed by atoms with van der Waals surface area (Å²) < 4.78 is 0. The molecule has 1 nitrogen and oxygen atoms in total. The van der Waals surface area contributed by atoms with Crippen LogP contribution < -0.4 is 0 Å². The number of carbonyl (C=O) groups excluding carboxylic acids is 1. The molecular weight excluding hydrogens is 240 g/mol. The second-order valence-electron chi connectivity index (χ2n) is 3.30. The van der Waals surface area contributed by atoms with Crippen LogP contribution in [-0.4, -0.2) is 5.78 Å². The molecule has 80 valence electrons. The SMILES string of the molecule is O=C(c1ccccc1)c1ccc(SCl)cc1. The third-order valence-corrected chi connectivity index (χ3v) is 3.23. The van der Waals surface area contributed by atoms with Crippen LogP contribution in [0.4, 0.5) is 0 Å². The first-order valence-corrected chi connectivity index (χ1v) is 6.44. The van der Waals surface area contributed by atoms with Crippen molar-refractivity contribution in [1.29, 1.82) is 0 Å². The second kappa shape index (κ2) is 5.19. The Kier molecular flexibility index (Phi) is 3.65. The van der Waals surface area contributed by atoms with Crippen LogP contribution in [0.3, 0.4) is 0 Å². The first kappa shape index (κ1) is 11.2. The highest BCUT2D eigenvalue weighted by molar-refractivity contribution is 8.21. The highest BCUT2D eigenvalue weighted by Gasteiger charge is 2.07. The summed E-state index contributed by atoms with van der Waals surface area (Å²) >= 11 is 0. The second-order valence-corrected chi connectivity index (χ2v) is 4.39. The van der Waals surface area contributed by atoms with E-state index < -0.39 is 0 Å². The fourth-order valence-corrected chi connectivity index (χ4v) is 1.96. The smallest absolute Gasteiger partial charge is 0.193 e. The Bertz CT molecular complexity index is 479. The van der Waals surface area contributed by atoms with E-state index in [9.17, 15) is 4.79 Å². The number of benzene rings is 2. The molecule has 0 spiro atoms. The molecule has 0 aromatic heterocycles. The maximum absolute atomic E-state index is 12.0. The largest absolute Gasteiger partial charge is 0.289 e. The zero-order chi connectivity index (χ0) is 11.4. The molecule has 0 aliphatic carbocycles. The monoisotopic (exact) mass is 248 g/mol. The highest BCUT2D eigenvalue weighted by atomic mass is 35.7. The summed E-state index contributed by atoms with van der Waals surface area (Å²) in [6.07, 6.45) is 0. The van der Waals surface area contributed by atoms with Gasteiger partial charge >= 0.3 is 0 Å². The van der Waals surface area contributed by atoms with E-state index in [-0.39, 0.29) is 5.78 Å². The maximum atomic E-state index is 12.0. The van der Waals surface area contributed by atoms with Crippen LogP contribution in [0.15, 0.2) is 59.5 Å². The molecule has 0 fully saturated rings. The van der Waals surface area contributed by atoms with Crippen molar-refractivity contribution >= 4 is 27.4 Å². The molecule has 2 aromatic carbocycles. The van der Waals surface area contributed by atoms with Gasteiger partial charge in [-0.15, -0.1) is 0 Å². The number of halogens is 1. The van der Waals surface area contributed by atoms with Gasteiger partial charge in [0.2, 0.25) is 0 Å². The number of rotatable bonds is 3. The van der Waals surface area contributed by atoms with Gasteiger partial charge in [-0.1, -0.05) is 30.3 Å². The van der Waals surface area contributed by atoms with Crippen molar-refractivity contribution in [3.63, 3.8) is 0 Å². The predicted octanol–water partition coefficient (Wildman–Crippen LogP) is 4.16. The van der Waals surface area contributed by atoms with Gasteiger partial charge in [-0.05, 0) is 45.9 Å². The third-order valence-electron chi connectivity index (χ3n) is 2.24. The molecule has 0 saturated heterocycles. The minimum Gasteiger partial charge on any atom is -0.289 e. The Hall–Kier alpha value is -1.25. The van der Waals surface area contributed by atoms with Crippen LogP contribution in [0, 0.1) is 0 Å². The van der Waals surface area contributed by atoms with Crippen molar-refractivity contribution < 1.29 is 4.79 Å². The van der Waals surface area contributed by atoms with Gasteiger partial charge in [0.15, 0.2) is 5.78 Å². The molecule has 0 amide bonds. The van der Waals surface area contributed by atoms with Crippen LogP contribution >= 0.6 is 21.7 Å². The van der Waals surface area contributed by atoms with Crippen LogP contribution in [0.2, 0.25) is 0 Å². The van der Waals surface area contributed by atoms with Gasteiger partial charge in [-0.3, -0.25) is 4.79 Å². The molecule has 0 atom stereocenters. The summed E-state index contributed by atoms with van der Waals surface area (Å²) in [5.41, 5.74) is 1.38.